The largest absolute Gasteiger partial charge is 0.497 e. The number of amides is 2. The molecule has 2 amide bonds. The van der Waals surface area contributed by atoms with Crippen molar-refractivity contribution in [3.8, 4) is 5.75 Å². The summed E-state index contributed by atoms with van der Waals surface area (Å²) in [6.07, 6.45) is 0.184. The fourth-order valence-corrected chi connectivity index (χ4v) is 6.77. The minimum absolute atomic E-state index is 0.0207. The van der Waals surface area contributed by atoms with Gasteiger partial charge >= 0.3 is 0 Å². The zero-order valence-corrected chi connectivity index (χ0v) is 28.4. The predicted octanol–water partition coefficient (Wildman–Crippen LogP) is 6.67. The van der Waals surface area contributed by atoms with Gasteiger partial charge in [0, 0.05) is 29.1 Å². The summed E-state index contributed by atoms with van der Waals surface area (Å²) >= 11 is 12.7. The first kappa shape index (κ1) is 34.8. The first-order valence-electron chi connectivity index (χ1n) is 14.7. The van der Waals surface area contributed by atoms with E-state index in [-0.39, 0.29) is 35.5 Å². The smallest absolute Gasteiger partial charge is 0.264 e. The number of carbonyl (C=O) groups is 2. The molecule has 1 unspecified atom stereocenters. The molecule has 0 saturated heterocycles. The third-order valence-electron chi connectivity index (χ3n) is 7.31. The summed E-state index contributed by atoms with van der Waals surface area (Å²) in [6, 6.07) is 25.8. The maximum atomic E-state index is 14.5. The number of hydrogen-bond acceptors (Lipinski definition) is 5. The average Bonchev–Trinajstić information content (AvgIpc) is 3.02. The Balaban J connectivity index is 1.82. The normalized spacial score (nSPS) is 12.0. The van der Waals surface area contributed by atoms with Gasteiger partial charge in [-0.3, -0.25) is 13.9 Å². The van der Waals surface area contributed by atoms with Crippen molar-refractivity contribution in [2.75, 3.05) is 18.0 Å². The zero-order valence-electron chi connectivity index (χ0n) is 26.1. The highest BCUT2D eigenvalue weighted by atomic mass is 35.5. The number of hydrogen-bond donors (Lipinski definition) is 1. The van der Waals surface area contributed by atoms with Crippen LogP contribution in [-0.4, -0.2) is 50.9 Å². The van der Waals surface area contributed by atoms with Crippen molar-refractivity contribution in [3.63, 3.8) is 0 Å². The Morgan fingerprint density at radius 3 is 2.13 bits per heavy atom. The van der Waals surface area contributed by atoms with Gasteiger partial charge < -0.3 is 15.0 Å². The number of ether oxygens (including phenoxy) is 1. The summed E-state index contributed by atoms with van der Waals surface area (Å²) in [5, 5.41) is 3.66. The number of aryl methyl sites for hydroxylation is 1. The predicted molar refractivity (Wildman–Crippen MR) is 183 cm³/mol. The van der Waals surface area contributed by atoms with Gasteiger partial charge in [-0.05, 0) is 80.4 Å². The lowest BCUT2D eigenvalue weighted by atomic mass is 10.0. The Bertz CT molecular complexity index is 1750. The van der Waals surface area contributed by atoms with Crippen molar-refractivity contribution < 1.29 is 22.7 Å². The van der Waals surface area contributed by atoms with Crippen molar-refractivity contribution in [1.82, 2.24) is 10.2 Å². The fraction of sp³-hybridized carbons (Fsp3) is 0.257. The molecule has 1 N–H and O–H groups in total. The lowest BCUT2D eigenvalue weighted by Gasteiger charge is -2.34. The molecule has 0 aliphatic heterocycles. The van der Waals surface area contributed by atoms with Gasteiger partial charge in [-0.1, -0.05) is 77.3 Å². The molecule has 4 aromatic rings. The minimum atomic E-state index is -4.23. The van der Waals surface area contributed by atoms with Gasteiger partial charge in [0.2, 0.25) is 11.8 Å². The highest BCUT2D eigenvalue weighted by Gasteiger charge is 2.35. The molecule has 0 heterocycles. The van der Waals surface area contributed by atoms with Crippen LogP contribution in [0.3, 0.4) is 0 Å². The van der Waals surface area contributed by atoms with E-state index in [9.17, 15) is 18.0 Å². The number of nitrogens with zero attached hydrogens (tertiary/aromatic N) is 2. The number of sulfonamides is 1. The molecule has 0 radical (unpaired) electrons. The van der Waals surface area contributed by atoms with Crippen molar-refractivity contribution in [2.24, 2.45) is 0 Å². The van der Waals surface area contributed by atoms with E-state index in [1.165, 1.54) is 24.1 Å². The molecule has 46 heavy (non-hydrogen) atoms. The van der Waals surface area contributed by atoms with E-state index >= 15 is 0 Å². The fourth-order valence-electron chi connectivity index (χ4n) is 4.88. The summed E-state index contributed by atoms with van der Waals surface area (Å²) in [5.74, 6) is -0.456. The van der Waals surface area contributed by atoms with Crippen molar-refractivity contribution in [2.45, 2.75) is 50.7 Å². The lowest BCUT2D eigenvalue weighted by Crippen LogP contribution is -2.54. The number of nitrogens with one attached hydrogen (secondary N) is 1. The highest BCUT2D eigenvalue weighted by Crippen LogP contribution is 2.28. The molecule has 242 valence electrons. The Morgan fingerprint density at radius 1 is 0.891 bits per heavy atom. The van der Waals surface area contributed by atoms with Gasteiger partial charge in [0.15, 0.2) is 0 Å². The van der Waals surface area contributed by atoms with Gasteiger partial charge in [-0.2, -0.15) is 0 Å². The molecule has 0 saturated carbocycles. The SMILES string of the molecule is COc1ccc(N(CC(=O)N(Cc2ccc(Cl)cc2Cl)C(Cc2ccccc2)C(=O)NC(C)C)S(=O)(=O)c2ccc(C)cc2)cc1. The molecule has 4 rings (SSSR count). The zero-order chi connectivity index (χ0) is 33.4. The molecule has 0 spiro atoms. The molecule has 0 bridgehead atoms. The second-order valence-corrected chi connectivity index (χ2v) is 13.9. The number of carbonyl (C=O) groups excluding carboxylic acids is 2. The number of rotatable bonds is 13. The first-order chi connectivity index (χ1) is 21.9. The molecule has 0 aliphatic rings. The summed E-state index contributed by atoms with van der Waals surface area (Å²) in [6.45, 7) is 4.86. The summed E-state index contributed by atoms with van der Waals surface area (Å²) in [7, 11) is -2.72. The van der Waals surface area contributed by atoms with E-state index in [4.69, 9.17) is 27.9 Å². The molecular formula is C35H37Cl2N3O5S. The maximum Gasteiger partial charge on any atom is 0.264 e. The molecule has 0 aromatic heterocycles. The third kappa shape index (κ3) is 8.81. The number of methoxy groups -OCH3 is 1. The van der Waals surface area contributed by atoms with Crippen LogP contribution in [-0.2, 0) is 32.6 Å². The van der Waals surface area contributed by atoms with Gasteiger partial charge in [0.1, 0.15) is 18.3 Å². The van der Waals surface area contributed by atoms with Crippen LogP contribution in [0.5, 0.6) is 5.75 Å². The van der Waals surface area contributed by atoms with Gasteiger partial charge in [0.05, 0.1) is 17.7 Å². The van der Waals surface area contributed by atoms with E-state index in [1.54, 1.807) is 54.6 Å². The van der Waals surface area contributed by atoms with Crippen LogP contribution in [0.25, 0.3) is 0 Å². The average molecular weight is 683 g/mol. The molecular weight excluding hydrogens is 645 g/mol. The van der Waals surface area contributed by atoms with Crippen LogP contribution in [0.2, 0.25) is 10.0 Å². The third-order valence-corrected chi connectivity index (χ3v) is 9.68. The molecule has 11 heteroatoms. The van der Waals surface area contributed by atoms with E-state index < -0.39 is 28.5 Å². The van der Waals surface area contributed by atoms with Crippen LogP contribution < -0.4 is 14.4 Å². The second-order valence-electron chi connectivity index (χ2n) is 11.1. The van der Waals surface area contributed by atoms with Gasteiger partial charge in [-0.15, -0.1) is 0 Å². The Labute approximate surface area is 280 Å². The Kier molecular flexibility index (Phi) is 11.7. The number of benzene rings is 4. The summed E-state index contributed by atoms with van der Waals surface area (Å²) in [5.41, 5.74) is 2.51. The van der Waals surface area contributed by atoms with Gasteiger partial charge in [-0.25, -0.2) is 8.42 Å². The van der Waals surface area contributed by atoms with Crippen LogP contribution in [0.15, 0.2) is 102 Å². The van der Waals surface area contributed by atoms with E-state index in [2.05, 4.69) is 5.32 Å². The quantitative estimate of drug-likeness (QED) is 0.170. The summed E-state index contributed by atoms with van der Waals surface area (Å²) in [4.78, 5) is 29.7. The molecule has 8 nitrogen and oxygen atoms in total. The van der Waals surface area contributed by atoms with Crippen LogP contribution in [0.1, 0.15) is 30.5 Å². The Hall–Kier alpha value is -4.05. The van der Waals surface area contributed by atoms with Gasteiger partial charge in [0.25, 0.3) is 10.0 Å². The topological polar surface area (TPSA) is 96.0 Å². The van der Waals surface area contributed by atoms with Crippen molar-refractivity contribution in [1.29, 1.82) is 0 Å². The van der Waals surface area contributed by atoms with E-state index in [0.717, 1.165) is 15.4 Å². The van der Waals surface area contributed by atoms with Crippen molar-refractivity contribution in [3.05, 3.63) is 124 Å². The number of halogens is 2. The lowest BCUT2D eigenvalue weighted by molar-refractivity contribution is -0.140. The standard InChI is InChI=1S/C35H37Cl2N3O5S/c1-24(2)38-35(42)33(20-26-8-6-5-7-9-26)39(22-27-12-13-28(36)21-32(27)37)34(41)23-40(29-14-16-30(45-4)17-15-29)46(43,44)31-18-10-25(3)11-19-31/h5-19,21,24,33H,20,22-23H2,1-4H3,(H,38,42). The van der Waals surface area contributed by atoms with E-state index in [0.29, 0.717) is 21.4 Å². The molecule has 0 fully saturated rings. The van der Waals surface area contributed by atoms with Crippen molar-refractivity contribution >= 4 is 50.7 Å². The van der Waals surface area contributed by atoms with Crippen LogP contribution >= 0.6 is 23.2 Å². The molecule has 0 aliphatic carbocycles. The maximum absolute atomic E-state index is 14.5. The van der Waals surface area contributed by atoms with Crippen LogP contribution in [0, 0.1) is 6.92 Å². The molecule has 4 aromatic carbocycles. The summed E-state index contributed by atoms with van der Waals surface area (Å²) < 4.78 is 34.6. The monoisotopic (exact) mass is 681 g/mol. The molecule has 1 atom stereocenters. The van der Waals surface area contributed by atoms with Crippen LogP contribution in [0.4, 0.5) is 5.69 Å². The Morgan fingerprint density at radius 2 is 1.54 bits per heavy atom. The second kappa shape index (κ2) is 15.5. The highest BCUT2D eigenvalue weighted by molar-refractivity contribution is 7.92. The minimum Gasteiger partial charge on any atom is -0.497 e. The number of anilines is 1. The van der Waals surface area contributed by atoms with E-state index in [1.807, 2.05) is 51.1 Å². The first-order valence-corrected chi connectivity index (χ1v) is 16.9.